The van der Waals surface area contributed by atoms with Crippen molar-refractivity contribution >= 4 is 28.4 Å². The van der Waals surface area contributed by atoms with E-state index < -0.39 is 0 Å². The van der Waals surface area contributed by atoms with E-state index in [0.29, 0.717) is 25.2 Å². The highest BCUT2D eigenvalue weighted by atomic mass is 16.2. The van der Waals surface area contributed by atoms with Gasteiger partial charge in [0.2, 0.25) is 5.91 Å². The highest BCUT2D eigenvalue weighted by molar-refractivity contribution is 5.95. The molecule has 2 aromatic heterocycles. The Labute approximate surface area is 162 Å². The molecule has 1 unspecified atom stereocenters. The summed E-state index contributed by atoms with van der Waals surface area (Å²) < 4.78 is 1.89. The molecule has 0 radical (unpaired) electrons. The van der Waals surface area contributed by atoms with Gasteiger partial charge in [0.05, 0.1) is 23.4 Å². The van der Waals surface area contributed by atoms with E-state index in [1.54, 1.807) is 17.2 Å². The first kappa shape index (κ1) is 16.9. The van der Waals surface area contributed by atoms with Crippen LogP contribution in [0.15, 0.2) is 48.8 Å². The number of para-hydroxylation sites is 1. The predicted molar refractivity (Wildman–Crippen MR) is 105 cm³/mol. The number of anilines is 1. The molecule has 0 spiro atoms. The van der Waals surface area contributed by atoms with Gasteiger partial charge in [-0.25, -0.2) is 4.98 Å². The summed E-state index contributed by atoms with van der Waals surface area (Å²) in [6, 6.07) is 11.7. The lowest BCUT2D eigenvalue weighted by Crippen LogP contribution is -2.30. The van der Waals surface area contributed by atoms with Gasteiger partial charge >= 0.3 is 0 Å². The van der Waals surface area contributed by atoms with Crippen molar-refractivity contribution in [2.45, 2.75) is 25.3 Å². The number of rotatable bonds is 3. The third kappa shape index (κ3) is 2.93. The molecule has 2 saturated heterocycles. The summed E-state index contributed by atoms with van der Waals surface area (Å²) in [5.41, 5.74) is 2.16. The highest BCUT2D eigenvalue weighted by Crippen LogP contribution is 2.26. The molecule has 1 atom stereocenters. The lowest BCUT2D eigenvalue weighted by atomic mass is 10.2. The van der Waals surface area contributed by atoms with E-state index in [-0.39, 0.29) is 17.9 Å². The summed E-state index contributed by atoms with van der Waals surface area (Å²) in [7, 11) is 0. The monoisotopic (exact) mass is 375 g/mol. The molecule has 1 aromatic carbocycles. The Bertz CT molecular complexity index is 1060. The van der Waals surface area contributed by atoms with Crippen molar-refractivity contribution < 1.29 is 9.59 Å². The number of hydrogen-bond acceptors (Lipinski definition) is 4. The van der Waals surface area contributed by atoms with Crippen LogP contribution in [-0.2, 0) is 4.79 Å². The molecule has 0 saturated carbocycles. The number of benzene rings is 1. The zero-order chi connectivity index (χ0) is 19.1. The number of nitrogens with zero attached hydrogens (tertiary/aromatic N) is 5. The Balaban J connectivity index is 1.30. The van der Waals surface area contributed by atoms with Gasteiger partial charge < -0.3 is 9.80 Å². The van der Waals surface area contributed by atoms with Crippen molar-refractivity contribution in [1.82, 2.24) is 19.7 Å². The van der Waals surface area contributed by atoms with Crippen LogP contribution in [0.1, 0.15) is 35.8 Å². The number of aromatic nitrogens is 3. The molecule has 0 N–H and O–H groups in total. The third-order valence-corrected chi connectivity index (χ3v) is 5.62. The van der Waals surface area contributed by atoms with Gasteiger partial charge in [0.25, 0.3) is 5.91 Å². The Morgan fingerprint density at radius 3 is 2.86 bits per heavy atom. The largest absolute Gasteiger partial charge is 0.335 e. The molecule has 2 aliphatic rings. The molecule has 7 nitrogen and oxygen atoms in total. The molecule has 28 heavy (non-hydrogen) atoms. The van der Waals surface area contributed by atoms with Crippen LogP contribution < -0.4 is 4.90 Å². The SMILES string of the molecule is O=C(c1ccc2ccccc2n1)N1CCC(n2cc(N3CCCC3=O)cn2)C1. The fraction of sp³-hybridized carbons (Fsp3) is 0.333. The average molecular weight is 375 g/mol. The smallest absolute Gasteiger partial charge is 0.272 e. The summed E-state index contributed by atoms with van der Waals surface area (Å²) in [6.07, 6.45) is 6.02. The van der Waals surface area contributed by atoms with E-state index in [4.69, 9.17) is 0 Å². The van der Waals surface area contributed by atoms with Crippen LogP contribution in [0.25, 0.3) is 10.9 Å². The summed E-state index contributed by atoms with van der Waals surface area (Å²) in [5, 5.41) is 5.48. The van der Waals surface area contributed by atoms with Gasteiger partial charge in [-0.15, -0.1) is 0 Å². The minimum Gasteiger partial charge on any atom is -0.335 e. The molecule has 4 heterocycles. The lowest BCUT2D eigenvalue weighted by molar-refractivity contribution is -0.117. The van der Waals surface area contributed by atoms with Gasteiger partial charge in [0.15, 0.2) is 0 Å². The summed E-state index contributed by atoms with van der Waals surface area (Å²) in [5.74, 6) is 0.112. The van der Waals surface area contributed by atoms with Crippen molar-refractivity contribution in [3.8, 4) is 0 Å². The van der Waals surface area contributed by atoms with E-state index in [1.165, 1.54) is 0 Å². The standard InChI is InChI=1S/C21H21N5O2/c27-20-6-3-10-25(20)17-12-22-26(14-17)16-9-11-24(13-16)21(28)19-8-7-15-4-1-2-5-18(15)23-19/h1-2,4-5,7-8,12,14,16H,3,6,9-11,13H2. The van der Waals surface area contributed by atoms with Crippen molar-refractivity contribution in [2.24, 2.45) is 0 Å². The van der Waals surface area contributed by atoms with Gasteiger partial charge in [0.1, 0.15) is 5.69 Å². The van der Waals surface area contributed by atoms with Crippen LogP contribution in [-0.4, -0.2) is 51.1 Å². The maximum Gasteiger partial charge on any atom is 0.272 e. The van der Waals surface area contributed by atoms with Crippen LogP contribution in [0.2, 0.25) is 0 Å². The van der Waals surface area contributed by atoms with Gasteiger partial charge in [-0.05, 0) is 25.0 Å². The van der Waals surface area contributed by atoms with Gasteiger partial charge in [-0.3, -0.25) is 14.3 Å². The van der Waals surface area contributed by atoms with Crippen LogP contribution in [0.3, 0.4) is 0 Å². The molecule has 2 amide bonds. The minimum atomic E-state index is -0.0460. The van der Waals surface area contributed by atoms with E-state index in [0.717, 1.165) is 36.0 Å². The number of likely N-dealkylation sites (tertiary alicyclic amines) is 1. The van der Waals surface area contributed by atoms with Crippen molar-refractivity contribution in [3.05, 3.63) is 54.5 Å². The quantitative estimate of drug-likeness (QED) is 0.706. The van der Waals surface area contributed by atoms with Crippen LogP contribution >= 0.6 is 0 Å². The predicted octanol–water partition coefficient (Wildman–Crippen LogP) is 2.65. The maximum absolute atomic E-state index is 12.9. The first-order chi connectivity index (χ1) is 13.7. The first-order valence-electron chi connectivity index (χ1n) is 9.68. The Morgan fingerprint density at radius 1 is 1.11 bits per heavy atom. The third-order valence-electron chi connectivity index (χ3n) is 5.62. The van der Waals surface area contributed by atoms with Crippen LogP contribution in [0.4, 0.5) is 5.69 Å². The number of pyridine rings is 1. The Kier molecular flexibility index (Phi) is 4.07. The number of fused-ring (bicyclic) bond motifs is 1. The second-order valence-electron chi connectivity index (χ2n) is 7.41. The normalized spacial score (nSPS) is 19.7. The first-order valence-corrected chi connectivity index (χ1v) is 9.68. The molecule has 142 valence electrons. The number of carbonyl (C=O) groups excluding carboxylic acids is 2. The highest BCUT2D eigenvalue weighted by Gasteiger charge is 2.30. The molecule has 3 aromatic rings. The molecule has 5 rings (SSSR count). The van der Waals surface area contributed by atoms with Gasteiger partial charge in [0, 0.05) is 37.6 Å². The topological polar surface area (TPSA) is 71.3 Å². The second-order valence-corrected chi connectivity index (χ2v) is 7.41. The molecule has 2 aliphatic heterocycles. The van der Waals surface area contributed by atoms with E-state index in [9.17, 15) is 9.59 Å². The van der Waals surface area contributed by atoms with Crippen molar-refractivity contribution in [3.63, 3.8) is 0 Å². The fourth-order valence-electron chi connectivity index (χ4n) is 4.08. The van der Waals surface area contributed by atoms with Crippen molar-refractivity contribution in [2.75, 3.05) is 24.5 Å². The number of amides is 2. The van der Waals surface area contributed by atoms with E-state index in [1.807, 2.05) is 46.1 Å². The van der Waals surface area contributed by atoms with Gasteiger partial charge in [-0.1, -0.05) is 24.3 Å². The van der Waals surface area contributed by atoms with Crippen LogP contribution in [0.5, 0.6) is 0 Å². The zero-order valence-electron chi connectivity index (χ0n) is 15.5. The number of carbonyl (C=O) groups is 2. The maximum atomic E-state index is 12.9. The van der Waals surface area contributed by atoms with Crippen LogP contribution in [0, 0.1) is 0 Å². The van der Waals surface area contributed by atoms with E-state index >= 15 is 0 Å². The second kappa shape index (κ2) is 6.74. The molecule has 2 fully saturated rings. The molecular weight excluding hydrogens is 354 g/mol. The summed E-state index contributed by atoms with van der Waals surface area (Å²) in [6.45, 7) is 2.03. The summed E-state index contributed by atoms with van der Waals surface area (Å²) >= 11 is 0. The van der Waals surface area contributed by atoms with Gasteiger partial charge in [-0.2, -0.15) is 5.10 Å². The molecule has 0 aliphatic carbocycles. The summed E-state index contributed by atoms with van der Waals surface area (Å²) in [4.78, 5) is 33.0. The Hall–Kier alpha value is -3.22. The average Bonchev–Trinajstić information content (AvgIpc) is 3.47. The Morgan fingerprint density at radius 2 is 2.00 bits per heavy atom. The molecule has 7 heteroatoms. The minimum absolute atomic E-state index is 0.0460. The number of hydrogen-bond donors (Lipinski definition) is 0. The zero-order valence-corrected chi connectivity index (χ0v) is 15.5. The van der Waals surface area contributed by atoms with Crippen molar-refractivity contribution in [1.29, 1.82) is 0 Å². The molecule has 0 bridgehead atoms. The molecular formula is C21H21N5O2. The fourth-order valence-corrected chi connectivity index (χ4v) is 4.08. The van der Waals surface area contributed by atoms with E-state index in [2.05, 4.69) is 10.1 Å². The lowest BCUT2D eigenvalue weighted by Gasteiger charge is -2.17.